The first kappa shape index (κ1) is 15.8. The molecule has 0 radical (unpaired) electrons. The van der Waals surface area contributed by atoms with E-state index in [1.165, 1.54) is 22.6 Å². The number of rotatable bonds is 6. The lowest BCUT2D eigenvalue weighted by atomic mass is 10.1. The van der Waals surface area contributed by atoms with Gasteiger partial charge < -0.3 is 15.0 Å². The molecular weight excluding hydrogens is 260 g/mol. The van der Waals surface area contributed by atoms with Gasteiger partial charge in [0, 0.05) is 30.2 Å². The molecule has 1 aromatic heterocycles. The molecule has 3 heteroatoms. The average Bonchev–Trinajstić information content (AvgIpc) is 2.74. The van der Waals surface area contributed by atoms with Crippen molar-refractivity contribution in [3.05, 3.63) is 53.3 Å². The monoisotopic (exact) mass is 286 g/mol. The van der Waals surface area contributed by atoms with Crippen LogP contribution in [-0.2, 0) is 6.54 Å². The van der Waals surface area contributed by atoms with E-state index in [0.29, 0.717) is 6.54 Å². The molecule has 21 heavy (non-hydrogen) atoms. The Bertz CT molecular complexity index is 572. The van der Waals surface area contributed by atoms with Crippen molar-refractivity contribution in [1.82, 2.24) is 9.88 Å². The molecule has 0 aliphatic carbocycles. The van der Waals surface area contributed by atoms with Crippen LogP contribution in [0, 0.1) is 19.8 Å². The lowest BCUT2D eigenvalue weighted by Crippen LogP contribution is -2.30. The molecule has 1 unspecified atom stereocenters. The van der Waals surface area contributed by atoms with Gasteiger partial charge in [0.15, 0.2) is 0 Å². The minimum atomic E-state index is -0.289. The summed E-state index contributed by atoms with van der Waals surface area (Å²) in [5, 5.41) is 13.2. The van der Waals surface area contributed by atoms with Gasteiger partial charge in [-0.25, -0.2) is 0 Å². The second-order valence-electron chi connectivity index (χ2n) is 6.01. The first-order valence-corrected chi connectivity index (χ1v) is 7.62. The Morgan fingerprint density at radius 3 is 2.43 bits per heavy atom. The Balaban J connectivity index is 2.09. The molecule has 3 nitrogen and oxygen atoms in total. The van der Waals surface area contributed by atoms with Crippen LogP contribution in [-0.4, -0.2) is 22.3 Å². The summed E-state index contributed by atoms with van der Waals surface area (Å²) in [7, 11) is 0. The van der Waals surface area contributed by atoms with Gasteiger partial charge in [-0.2, -0.15) is 0 Å². The third kappa shape index (κ3) is 3.74. The van der Waals surface area contributed by atoms with Crippen LogP contribution in [0.15, 0.2) is 36.4 Å². The van der Waals surface area contributed by atoms with E-state index in [2.05, 4.69) is 54.1 Å². The molecule has 2 N–H and O–H groups in total. The quantitative estimate of drug-likeness (QED) is 0.855. The summed E-state index contributed by atoms with van der Waals surface area (Å²) < 4.78 is 2.27. The Labute approximate surface area is 127 Å². The molecule has 0 spiro atoms. The van der Waals surface area contributed by atoms with Gasteiger partial charge >= 0.3 is 0 Å². The van der Waals surface area contributed by atoms with Crippen molar-refractivity contribution in [2.45, 2.75) is 40.3 Å². The summed E-state index contributed by atoms with van der Waals surface area (Å²) in [6.07, 6.45) is -0.289. The van der Waals surface area contributed by atoms with Crippen molar-refractivity contribution in [2.75, 3.05) is 6.54 Å². The van der Waals surface area contributed by atoms with Crippen LogP contribution in [0.3, 0.4) is 0 Å². The maximum atomic E-state index is 9.84. The molecule has 2 rings (SSSR count). The van der Waals surface area contributed by atoms with Crippen LogP contribution >= 0.6 is 0 Å². The lowest BCUT2D eigenvalue weighted by Gasteiger charge is -2.15. The molecule has 0 aliphatic heterocycles. The van der Waals surface area contributed by atoms with Crippen molar-refractivity contribution in [2.24, 2.45) is 5.92 Å². The SMILES string of the molecule is Cc1cc(CNCC(O)C(C)C)c(C)n1-c1ccccc1. The van der Waals surface area contributed by atoms with Gasteiger partial charge in [-0.15, -0.1) is 0 Å². The maximum Gasteiger partial charge on any atom is 0.0687 e. The number of nitrogens with zero attached hydrogens (tertiary/aromatic N) is 1. The summed E-state index contributed by atoms with van der Waals surface area (Å²) in [5.41, 5.74) is 4.97. The van der Waals surface area contributed by atoms with E-state index in [4.69, 9.17) is 0 Å². The fourth-order valence-corrected chi connectivity index (χ4v) is 2.57. The molecule has 0 saturated heterocycles. The molecule has 0 aliphatic rings. The van der Waals surface area contributed by atoms with E-state index >= 15 is 0 Å². The maximum absolute atomic E-state index is 9.84. The molecule has 0 saturated carbocycles. The van der Waals surface area contributed by atoms with E-state index in [1.807, 2.05) is 19.9 Å². The highest BCUT2D eigenvalue weighted by molar-refractivity contribution is 5.40. The molecule has 1 atom stereocenters. The zero-order chi connectivity index (χ0) is 15.4. The first-order valence-electron chi connectivity index (χ1n) is 7.62. The summed E-state index contributed by atoms with van der Waals surface area (Å²) in [6, 6.07) is 12.6. The Kier molecular flexibility index (Phi) is 5.21. The van der Waals surface area contributed by atoms with Gasteiger partial charge in [-0.3, -0.25) is 0 Å². The van der Waals surface area contributed by atoms with Crippen molar-refractivity contribution in [3.8, 4) is 5.69 Å². The van der Waals surface area contributed by atoms with E-state index in [1.54, 1.807) is 0 Å². The van der Waals surface area contributed by atoms with Crippen molar-refractivity contribution in [1.29, 1.82) is 0 Å². The zero-order valence-corrected chi connectivity index (χ0v) is 13.4. The van der Waals surface area contributed by atoms with Crippen molar-refractivity contribution >= 4 is 0 Å². The predicted octanol–water partition coefficient (Wildman–Crippen LogP) is 3.20. The molecule has 2 aromatic rings. The second-order valence-corrected chi connectivity index (χ2v) is 6.01. The number of nitrogens with one attached hydrogen (secondary N) is 1. The predicted molar refractivity (Wildman–Crippen MR) is 87.8 cm³/mol. The topological polar surface area (TPSA) is 37.2 Å². The van der Waals surface area contributed by atoms with E-state index < -0.39 is 0 Å². The minimum Gasteiger partial charge on any atom is -0.392 e. The highest BCUT2D eigenvalue weighted by Crippen LogP contribution is 2.20. The van der Waals surface area contributed by atoms with Crippen LogP contribution in [0.2, 0.25) is 0 Å². The number of hydrogen-bond acceptors (Lipinski definition) is 2. The molecule has 0 amide bonds. The summed E-state index contributed by atoms with van der Waals surface area (Å²) in [6.45, 7) is 9.77. The minimum absolute atomic E-state index is 0.286. The van der Waals surface area contributed by atoms with Crippen LogP contribution < -0.4 is 5.32 Å². The number of hydrogen-bond donors (Lipinski definition) is 2. The highest BCUT2D eigenvalue weighted by Gasteiger charge is 2.12. The summed E-state index contributed by atoms with van der Waals surface area (Å²) >= 11 is 0. The molecule has 1 aromatic carbocycles. The van der Waals surface area contributed by atoms with Gasteiger partial charge in [-0.05, 0) is 43.5 Å². The molecule has 0 bridgehead atoms. The standard InChI is InChI=1S/C18H26N2O/c1-13(2)18(21)12-19-11-16-10-14(3)20(15(16)4)17-8-6-5-7-9-17/h5-10,13,18-19,21H,11-12H2,1-4H3. The number of aryl methyl sites for hydroxylation is 1. The molecule has 114 valence electrons. The Morgan fingerprint density at radius 2 is 1.81 bits per heavy atom. The Hall–Kier alpha value is -1.58. The Morgan fingerprint density at radius 1 is 1.14 bits per heavy atom. The fraction of sp³-hybridized carbons (Fsp3) is 0.444. The lowest BCUT2D eigenvalue weighted by molar-refractivity contribution is 0.123. The molecule has 0 fully saturated rings. The third-order valence-electron chi connectivity index (χ3n) is 3.99. The summed E-state index contributed by atoms with van der Waals surface area (Å²) in [4.78, 5) is 0. The number of aliphatic hydroxyl groups excluding tert-OH is 1. The van der Waals surface area contributed by atoms with E-state index in [0.717, 1.165) is 6.54 Å². The van der Waals surface area contributed by atoms with Crippen molar-refractivity contribution in [3.63, 3.8) is 0 Å². The number of aliphatic hydroxyl groups is 1. The zero-order valence-electron chi connectivity index (χ0n) is 13.4. The van der Waals surface area contributed by atoms with Crippen molar-refractivity contribution < 1.29 is 5.11 Å². The largest absolute Gasteiger partial charge is 0.392 e. The van der Waals surface area contributed by atoms with Gasteiger partial charge in [0.2, 0.25) is 0 Å². The third-order valence-corrected chi connectivity index (χ3v) is 3.99. The number of benzene rings is 1. The first-order chi connectivity index (χ1) is 10.0. The van der Waals surface area contributed by atoms with E-state index in [9.17, 15) is 5.11 Å². The van der Waals surface area contributed by atoms with Crippen LogP contribution in [0.1, 0.15) is 30.8 Å². The molecule has 1 heterocycles. The highest BCUT2D eigenvalue weighted by atomic mass is 16.3. The van der Waals surface area contributed by atoms with Crippen LogP contribution in [0.5, 0.6) is 0 Å². The normalized spacial score (nSPS) is 12.9. The number of aromatic nitrogens is 1. The average molecular weight is 286 g/mol. The molecular formula is C18H26N2O. The van der Waals surface area contributed by atoms with Gasteiger partial charge in [0.05, 0.1) is 6.10 Å². The summed E-state index contributed by atoms with van der Waals surface area (Å²) in [5.74, 6) is 0.286. The van der Waals surface area contributed by atoms with Gasteiger partial charge in [-0.1, -0.05) is 32.0 Å². The smallest absolute Gasteiger partial charge is 0.0687 e. The number of para-hydroxylation sites is 1. The van der Waals surface area contributed by atoms with Crippen LogP contribution in [0.4, 0.5) is 0 Å². The van der Waals surface area contributed by atoms with Gasteiger partial charge in [0.1, 0.15) is 0 Å². The van der Waals surface area contributed by atoms with Crippen LogP contribution in [0.25, 0.3) is 5.69 Å². The second kappa shape index (κ2) is 6.92. The van der Waals surface area contributed by atoms with Gasteiger partial charge in [0.25, 0.3) is 0 Å². The fourth-order valence-electron chi connectivity index (χ4n) is 2.57. The van der Waals surface area contributed by atoms with E-state index in [-0.39, 0.29) is 12.0 Å².